The summed E-state index contributed by atoms with van der Waals surface area (Å²) < 4.78 is 10.7. The maximum absolute atomic E-state index is 12.8. The number of ether oxygens (including phenoxy) is 2. The summed E-state index contributed by atoms with van der Waals surface area (Å²) in [7, 11) is 1.58. The molecule has 4 rings (SSSR count). The average Bonchev–Trinajstić information content (AvgIpc) is 3.28. The van der Waals surface area contributed by atoms with E-state index in [-0.39, 0.29) is 18.4 Å². The van der Waals surface area contributed by atoms with Gasteiger partial charge in [-0.05, 0) is 49.4 Å². The first-order chi connectivity index (χ1) is 14.1. The number of thiazole rings is 1. The zero-order valence-corrected chi connectivity index (χ0v) is 16.7. The Morgan fingerprint density at radius 2 is 2.07 bits per heavy atom. The van der Waals surface area contributed by atoms with Gasteiger partial charge >= 0.3 is 0 Å². The molecule has 2 heterocycles. The molecule has 7 nitrogen and oxygen atoms in total. The minimum absolute atomic E-state index is 0.108. The Morgan fingerprint density at radius 3 is 2.76 bits per heavy atom. The van der Waals surface area contributed by atoms with Gasteiger partial charge in [-0.3, -0.25) is 14.5 Å². The van der Waals surface area contributed by atoms with Crippen molar-refractivity contribution in [2.45, 2.75) is 13.0 Å². The molecule has 2 aromatic carbocycles. The molecular formula is C21H19N3O4S. The number of hydrogen-bond donors (Lipinski definition) is 1. The van der Waals surface area contributed by atoms with Crippen LogP contribution >= 0.6 is 11.3 Å². The van der Waals surface area contributed by atoms with E-state index in [9.17, 15) is 9.59 Å². The van der Waals surface area contributed by atoms with Gasteiger partial charge in [-0.1, -0.05) is 0 Å². The predicted octanol–water partition coefficient (Wildman–Crippen LogP) is 3.57. The van der Waals surface area contributed by atoms with Crippen molar-refractivity contribution in [1.82, 2.24) is 4.98 Å². The van der Waals surface area contributed by atoms with Gasteiger partial charge in [0.15, 0.2) is 6.61 Å². The highest BCUT2D eigenvalue weighted by Gasteiger charge is 2.33. The third kappa shape index (κ3) is 3.79. The van der Waals surface area contributed by atoms with Crippen LogP contribution in [0.25, 0.3) is 11.3 Å². The van der Waals surface area contributed by atoms with Crippen LogP contribution in [0.5, 0.6) is 11.5 Å². The van der Waals surface area contributed by atoms with Crippen molar-refractivity contribution in [3.63, 3.8) is 0 Å². The second kappa shape index (κ2) is 7.92. The molecular weight excluding hydrogens is 390 g/mol. The van der Waals surface area contributed by atoms with E-state index in [1.54, 1.807) is 49.9 Å². The van der Waals surface area contributed by atoms with Gasteiger partial charge in [0.2, 0.25) is 5.91 Å². The summed E-state index contributed by atoms with van der Waals surface area (Å²) in [6, 6.07) is 11.8. The standard InChI is InChI=1S/C21H19N3O4S/c1-13(21(26)23-15-4-6-16(27-2)7-5-15)24-18-9-14(17-11-29-12-22-17)3-8-19(18)28-10-20(24)25/h3-9,11-13H,10H2,1-2H3,(H,23,26). The van der Waals surface area contributed by atoms with Gasteiger partial charge in [-0.15, -0.1) is 11.3 Å². The van der Waals surface area contributed by atoms with E-state index >= 15 is 0 Å². The van der Waals surface area contributed by atoms with Gasteiger partial charge in [0.05, 0.1) is 24.0 Å². The summed E-state index contributed by atoms with van der Waals surface area (Å²) in [5.41, 5.74) is 4.60. The van der Waals surface area contributed by atoms with E-state index in [1.165, 1.54) is 16.2 Å². The average molecular weight is 409 g/mol. The molecule has 0 aliphatic carbocycles. The number of benzene rings is 2. The number of hydrogen-bond acceptors (Lipinski definition) is 6. The molecule has 1 aliphatic heterocycles. The van der Waals surface area contributed by atoms with Crippen molar-refractivity contribution in [2.24, 2.45) is 0 Å². The van der Waals surface area contributed by atoms with Gasteiger partial charge in [-0.2, -0.15) is 0 Å². The smallest absolute Gasteiger partial charge is 0.265 e. The topological polar surface area (TPSA) is 80.8 Å². The molecule has 0 saturated carbocycles. The second-order valence-electron chi connectivity index (χ2n) is 6.50. The number of aromatic nitrogens is 1. The van der Waals surface area contributed by atoms with Crippen molar-refractivity contribution in [3.05, 3.63) is 53.4 Å². The minimum atomic E-state index is -0.724. The maximum atomic E-state index is 12.8. The van der Waals surface area contributed by atoms with Crippen LogP contribution in [0.2, 0.25) is 0 Å². The predicted molar refractivity (Wildman–Crippen MR) is 112 cm³/mol. The molecule has 3 aromatic rings. The molecule has 8 heteroatoms. The van der Waals surface area contributed by atoms with Crippen LogP contribution in [-0.2, 0) is 9.59 Å². The molecule has 29 heavy (non-hydrogen) atoms. The summed E-state index contributed by atoms with van der Waals surface area (Å²) in [4.78, 5) is 31.3. The van der Waals surface area contributed by atoms with Crippen molar-refractivity contribution >= 4 is 34.5 Å². The Morgan fingerprint density at radius 1 is 1.28 bits per heavy atom. The van der Waals surface area contributed by atoms with Crippen LogP contribution in [0.15, 0.2) is 53.4 Å². The maximum Gasteiger partial charge on any atom is 0.265 e. The quantitative estimate of drug-likeness (QED) is 0.697. The highest BCUT2D eigenvalue weighted by molar-refractivity contribution is 7.07. The van der Waals surface area contributed by atoms with Crippen LogP contribution in [0.1, 0.15) is 6.92 Å². The Balaban J connectivity index is 1.60. The third-order valence-corrected chi connectivity index (χ3v) is 5.28. The molecule has 1 atom stereocenters. The monoisotopic (exact) mass is 409 g/mol. The largest absolute Gasteiger partial charge is 0.497 e. The highest BCUT2D eigenvalue weighted by Crippen LogP contribution is 2.37. The molecule has 148 valence electrons. The van der Waals surface area contributed by atoms with Crippen LogP contribution in [0.3, 0.4) is 0 Å². The number of fused-ring (bicyclic) bond motifs is 1. The Bertz CT molecular complexity index is 1030. The van der Waals surface area contributed by atoms with Crippen LogP contribution < -0.4 is 19.7 Å². The Kier molecular flexibility index (Phi) is 5.18. The van der Waals surface area contributed by atoms with Crippen molar-refractivity contribution < 1.29 is 19.1 Å². The molecule has 0 radical (unpaired) electrons. The normalized spacial score (nSPS) is 14.0. The molecule has 0 bridgehead atoms. The van der Waals surface area contributed by atoms with Crippen LogP contribution in [-0.4, -0.2) is 36.6 Å². The van der Waals surface area contributed by atoms with E-state index in [0.717, 1.165) is 11.3 Å². The lowest BCUT2D eigenvalue weighted by Gasteiger charge is -2.33. The number of carbonyl (C=O) groups is 2. The zero-order valence-electron chi connectivity index (χ0n) is 15.9. The molecule has 1 aromatic heterocycles. The zero-order chi connectivity index (χ0) is 20.4. The van der Waals surface area contributed by atoms with Gasteiger partial charge in [-0.25, -0.2) is 4.98 Å². The fourth-order valence-corrected chi connectivity index (χ4v) is 3.71. The minimum Gasteiger partial charge on any atom is -0.497 e. The van der Waals surface area contributed by atoms with Gasteiger partial charge in [0.1, 0.15) is 17.5 Å². The summed E-state index contributed by atoms with van der Waals surface area (Å²) in [5, 5.41) is 4.77. The van der Waals surface area contributed by atoms with E-state index in [0.29, 0.717) is 22.9 Å². The number of nitrogens with zero attached hydrogens (tertiary/aromatic N) is 2. The lowest BCUT2D eigenvalue weighted by Crippen LogP contribution is -2.49. The van der Waals surface area contributed by atoms with Crippen LogP contribution in [0.4, 0.5) is 11.4 Å². The lowest BCUT2D eigenvalue weighted by molar-refractivity contribution is -0.125. The fourth-order valence-electron chi connectivity index (χ4n) is 3.15. The van der Waals surface area contributed by atoms with E-state index in [1.807, 2.05) is 17.5 Å². The number of anilines is 2. The summed E-state index contributed by atoms with van der Waals surface area (Å²) in [6.07, 6.45) is 0. The molecule has 0 fully saturated rings. The van der Waals surface area contributed by atoms with Crippen molar-refractivity contribution in [3.8, 4) is 22.8 Å². The highest BCUT2D eigenvalue weighted by atomic mass is 32.1. The Labute approximate surface area is 171 Å². The summed E-state index contributed by atoms with van der Waals surface area (Å²) in [6.45, 7) is 1.59. The number of methoxy groups -OCH3 is 1. The molecule has 1 aliphatic rings. The first-order valence-corrected chi connectivity index (χ1v) is 9.93. The molecule has 1 N–H and O–H groups in total. The van der Waals surface area contributed by atoms with Gasteiger partial charge in [0, 0.05) is 16.6 Å². The fraction of sp³-hybridized carbons (Fsp3) is 0.190. The molecule has 0 saturated heterocycles. The third-order valence-electron chi connectivity index (χ3n) is 4.69. The van der Waals surface area contributed by atoms with Gasteiger partial charge in [0.25, 0.3) is 5.91 Å². The SMILES string of the molecule is COc1ccc(NC(=O)C(C)N2C(=O)COc3ccc(-c4cscn4)cc32)cc1. The number of nitrogens with one attached hydrogen (secondary N) is 1. The van der Waals surface area contributed by atoms with Crippen molar-refractivity contribution in [2.75, 3.05) is 23.9 Å². The van der Waals surface area contributed by atoms with E-state index in [4.69, 9.17) is 9.47 Å². The van der Waals surface area contributed by atoms with E-state index < -0.39 is 6.04 Å². The Hall–Kier alpha value is -3.39. The number of amides is 2. The number of carbonyl (C=O) groups excluding carboxylic acids is 2. The first kappa shape index (κ1) is 18.9. The van der Waals surface area contributed by atoms with Crippen LogP contribution in [0, 0.1) is 0 Å². The molecule has 2 amide bonds. The van der Waals surface area contributed by atoms with Crippen molar-refractivity contribution in [1.29, 1.82) is 0 Å². The summed E-state index contributed by atoms with van der Waals surface area (Å²) in [5.74, 6) is 0.691. The molecule has 1 unspecified atom stereocenters. The summed E-state index contributed by atoms with van der Waals surface area (Å²) >= 11 is 1.49. The molecule has 0 spiro atoms. The second-order valence-corrected chi connectivity index (χ2v) is 7.22. The first-order valence-electron chi connectivity index (χ1n) is 8.99. The van der Waals surface area contributed by atoms with Gasteiger partial charge < -0.3 is 14.8 Å². The van der Waals surface area contributed by atoms with E-state index in [2.05, 4.69) is 10.3 Å². The lowest BCUT2D eigenvalue weighted by atomic mass is 10.1. The number of rotatable bonds is 5.